The predicted octanol–water partition coefficient (Wildman–Crippen LogP) is 7.59. The maximum Gasteiger partial charge on any atom is 0.334 e. The monoisotopic (exact) mass is 596 g/mol. The molecular formula is C35H64O7. The van der Waals surface area contributed by atoms with Gasteiger partial charge in [0, 0.05) is 5.57 Å². The van der Waals surface area contributed by atoms with Crippen LogP contribution >= 0.6 is 0 Å². The Morgan fingerprint density at radius 1 is 0.714 bits per heavy atom. The van der Waals surface area contributed by atoms with E-state index < -0.39 is 12.2 Å². The number of unbranched alkanes of at least 4 members (excludes halogenated alkanes) is 16. The lowest BCUT2D eigenvalue weighted by Crippen LogP contribution is -2.34. The topological polar surface area (TPSA) is 94.5 Å². The van der Waals surface area contributed by atoms with Gasteiger partial charge in [-0.15, -0.1) is 0 Å². The van der Waals surface area contributed by atoms with Crippen LogP contribution in [0.3, 0.4) is 0 Å². The molecule has 2 heterocycles. The molecule has 0 bridgehead atoms. The van der Waals surface area contributed by atoms with Crippen molar-refractivity contribution >= 4 is 5.97 Å². The molecule has 0 saturated carbocycles. The summed E-state index contributed by atoms with van der Waals surface area (Å²) in [7, 11) is 0. The summed E-state index contributed by atoms with van der Waals surface area (Å²) in [4.78, 5) is 11.6. The second-order valence-corrected chi connectivity index (χ2v) is 12.7. The summed E-state index contributed by atoms with van der Waals surface area (Å²) in [6.45, 7) is 5.76. The molecule has 7 nitrogen and oxygen atoms in total. The molecule has 0 unspecified atom stereocenters. The lowest BCUT2D eigenvalue weighted by molar-refractivity contribution is -0.139. The highest BCUT2D eigenvalue weighted by Crippen LogP contribution is 2.21. The zero-order valence-corrected chi connectivity index (χ0v) is 27.1. The van der Waals surface area contributed by atoms with Crippen LogP contribution in [-0.2, 0) is 23.7 Å². The maximum atomic E-state index is 11.6. The SMILES string of the molecule is CCCCCCCCCC[C@H](O)CO[C@H]1COC[C@@H]1OC[C@@H](O)CCCCCCCCCCCCC1=C[C@H](C)OC1=O. The molecule has 2 rings (SSSR count). The number of carbonyl (C=O) groups excluding carboxylic acids is 1. The van der Waals surface area contributed by atoms with Crippen molar-refractivity contribution in [2.45, 2.75) is 179 Å². The molecule has 0 spiro atoms. The number of ether oxygens (including phenoxy) is 4. The van der Waals surface area contributed by atoms with E-state index >= 15 is 0 Å². The van der Waals surface area contributed by atoms with E-state index in [2.05, 4.69) is 6.92 Å². The highest BCUT2D eigenvalue weighted by Gasteiger charge is 2.31. The van der Waals surface area contributed by atoms with Crippen LogP contribution in [0.25, 0.3) is 0 Å². The summed E-state index contributed by atoms with van der Waals surface area (Å²) in [5.74, 6) is -0.124. The first-order valence-corrected chi connectivity index (χ1v) is 17.6. The summed E-state index contributed by atoms with van der Waals surface area (Å²) in [5.41, 5.74) is 0.862. The van der Waals surface area contributed by atoms with Crippen LogP contribution in [0.2, 0.25) is 0 Å². The van der Waals surface area contributed by atoms with Crippen LogP contribution < -0.4 is 0 Å². The van der Waals surface area contributed by atoms with Crippen molar-refractivity contribution < 1.29 is 34.0 Å². The van der Waals surface area contributed by atoms with Crippen LogP contribution in [0, 0.1) is 0 Å². The number of hydrogen-bond donors (Lipinski definition) is 2. The molecule has 2 aliphatic rings. The summed E-state index contributed by atoms with van der Waals surface area (Å²) in [5, 5.41) is 20.7. The third-order valence-corrected chi connectivity index (χ3v) is 8.60. The molecule has 0 amide bonds. The molecule has 42 heavy (non-hydrogen) atoms. The minimum Gasteiger partial charge on any atom is -0.455 e. The number of aliphatic hydroxyl groups is 2. The van der Waals surface area contributed by atoms with Gasteiger partial charge in [-0.2, -0.15) is 0 Å². The second kappa shape index (κ2) is 24.3. The highest BCUT2D eigenvalue weighted by atomic mass is 16.6. The van der Waals surface area contributed by atoms with Crippen molar-refractivity contribution in [1.29, 1.82) is 0 Å². The van der Waals surface area contributed by atoms with Crippen molar-refractivity contribution in [2.24, 2.45) is 0 Å². The van der Waals surface area contributed by atoms with Gasteiger partial charge < -0.3 is 29.2 Å². The number of aliphatic hydroxyl groups excluding tert-OH is 2. The smallest absolute Gasteiger partial charge is 0.334 e. The number of rotatable bonds is 28. The molecule has 2 aliphatic heterocycles. The molecule has 7 heteroatoms. The fraction of sp³-hybridized carbons (Fsp3) is 0.914. The van der Waals surface area contributed by atoms with Crippen LogP contribution in [0.5, 0.6) is 0 Å². The van der Waals surface area contributed by atoms with Crippen LogP contribution in [-0.4, -0.2) is 73.1 Å². The van der Waals surface area contributed by atoms with Gasteiger partial charge in [0.1, 0.15) is 18.3 Å². The average Bonchev–Trinajstić information content (AvgIpc) is 3.56. The zero-order valence-electron chi connectivity index (χ0n) is 27.1. The largest absolute Gasteiger partial charge is 0.455 e. The zero-order chi connectivity index (χ0) is 30.3. The number of carbonyl (C=O) groups is 1. The summed E-state index contributed by atoms with van der Waals surface area (Å²) in [6.07, 6.45) is 25.1. The van der Waals surface area contributed by atoms with Gasteiger partial charge in [0.15, 0.2) is 0 Å². The van der Waals surface area contributed by atoms with Gasteiger partial charge in [0.05, 0.1) is 38.6 Å². The first-order valence-electron chi connectivity index (χ1n) is 17.6. The van der Waals surface area contributed by atoms with E-state index in [9.17, 15) is 15.0 Å². The highest BCUT2D eigenvalue weighted by molar-refractivity contribution is 5.90. The first-order chi connectivity index (χ1) is 20.5. The predicted molar refractivity (Wildman–Crippen MR) is 169 cm³/mol. The molecule has 246 valence electrons. The molecule has 0 aromatic carbocycles. The molecule has 1 fully saturated rings. The Morgan fingerprint density at radius 3 is 1.57 bits per heavy atom. The second-order valence-electron chi connectivity index (χ2n) is 12.7. The van der Waals surface area contributed by atoms with Gasteiger partial charge in [0.2, 0.25) is 0 Å². The van der Waals surface area contributed by atoms with Gasteiger partial charge in [-0.3, -0.25) is 0 Å². The summed E-state index contributed by atoms with van der Waals surface area (Å²) >= 11 is 0. The van der Waals surface area contributed by atoms with E-state index in [1.807, 2.05) is 13.0 Å². The Kier molecular flexibility index (Phi) is 21.6. The number of esters is 1. The molecule has 0 aromatic heterocycles. The summed E-state index contributed by atoms with van der Waals surface area (Å²) < 4.78 is 22.6. The fourth-order valence-electron chi connectivity index (χ4n) is 5.90. The van der Waals surface area contributed by atoms with Crippen molar-refractivity contribution in [2.75, 3.05) is 26.4 Å². The molecule has 0 aliphatic carbocycles. The quantitative estimate of drug-likeness (QED) is 0.0710. The minimum absolute atomic E-state index is 0.0515. The average molecular weight is 597 g/mol. The molecule has 0 radical (unpaired) electrons. The van der Waals surface area contributed by atoms with E-state index in [4.69, 9.17) is 18.9 Å². The Morgan fingerprint density at radius 2 is 1.14 bits per heavy atom. The lowest BCUT2D eigenvalue weighted by Gasteiger charge is -2.22. The van der Waals surface area contributed by atoms with Crippen LogP contribution in [0.15, 0.2) is 11.6 Å². The van der Waals surface area contributed by atoms with Crippen molar-refractivity contribution in [3.63, 3.8) is 0 Å². The van der Waals surface area contributed by atoms with E-state index in [0.717, 1.165) is 50.5 Å². The summed E-state index contributed by atoms with van der Waals surface area (Å²) in [6, 6.07) is 0. The number of hydrogen-bond acceptors (Lipinski definition) is 7. The molecular weight excluding hydrogens is 532 g/mol. The normalized spacial score (nSPS) is 22.0. The Labute approximate surface area is 257 Å². The van der Waals surface area contributed by atoms with Crippen LogP contribution in [0.1, 0.15) is 149 Å². The van der Waals surface area contributed by atoms with E-state index in [0.29, 0.717) is 26.4 Å². The molecule has 2 N–H and O–H groups in total. The minimum atomic E-state index is -0.455. The van der Waals surface area contributed by atoms with Gasteiger partial charge >= 0.3 is 5.97 Å². The van der Waals surface area contributed by atoms with E-state index in [1.165, 1.54) is 89.9 Å². The van der Waals surface area contributed by atoms with E-state index in [-0.39, 0.29) is 24.3 Å². The third kappa shape index (κ3) is 18.0. The Hall–Kier alpha value is -0.990. The van der Waals surface area contributed by atoms with Crippen molar-refractivity contribution in [3.05, 3.63) is 11.6 Å². The Bertz CT molecular complexity index is 697. The van der Waals surface area contributed by atoms with Gasteiger partial charge in [-0.1, -0.05) is 116 Å². The van der Waals surface area contributed by atoms with Gasteiger partial charge in [-0.25, -0.2) is 4.79 Å². The first kappa shape index (κ1) is 37.2. The Balaban J connectivity index is 1.36. The third-order valence-electron chi connectivity index (χ3n) is 8.60. The van der Waals surface area contributed by atoms with Crippen LogP contribution in [0.4, 0.5) is 0 Å². The standard InChI is InChI=1S/C35H64O7/c1-3-4-5-6-7-13-16-19-22-31(36)25-40-33-27-39-28-34(33)41-26-32(37)23-20-17-14-11-9-8-10-12-15-18-21-30-24-29(2)42-35(30)38/h24,29,31-34,36-37H,3-23,25-28H2,1-2H3/t29-,31-,32-,33-,34-/m0/s1. The van der Waals surface area contributed by atoms with E-state index in [1.54, 1.807) is 0 Å². The van der Waals surface area contributed by atoms with Gasteiger partial charge in [-0.05, 0) is 38.7 Å². The molecule has 5 atom stereocenters. The fourth-order valence-corrected chi connectivity index (χ4v) is 5.90. The van der Waals surface area contributed by atoms with Gasteiger partial charge in [0.25, 0.3) is 0 Å². The van der Waals surface area contributed by atoms with Crippen molar-refractivity contribution in [1.82, 2.24) is 0 Å². The molecule has 0 aromatic rings. The molecule has 1 saturated heterocycles. The lowest BCUT2D eigenvalue weighted by atomic mass is 10.0. The van der Waals surface area contributed by atoms with Crippen molar-refractivity contribution in [3.8, 4) is 0 Å². The number of cyclic esters (lactones) is 1. The maximum absolute atomic E-state index is 11.6.